The Balaban J connectivity index is 2.71. The first-order chi connectivity index (χ1) is 8.50. The number of aliphatic carboxylic acids is 1. The average molecular weight is 250 g/mol. The first-order valence-electron chi connectivity index (χ1n) is 5.86. The lowest BCUT2D eigenvalue weighted by molar-refractivity contribution is -0.138. The van der Waals surface area contributed by atoms with Gasteiger partial charge in [-0.1, -0.05) is 0 Å². The minimum atomic E-state index is -0.856. The van der Waals surface area contributed by atoms with E-state index in [1.807, 2.05) is 17.0 Å². The molecule has 0 radical (unpaired) electrons. The molecule has 5 nitrogen and oxygen atoms in total. The fourth-order valence-electron chi connectivity index (χ4n) is 1.63. The predicted octanol–water partition coefficient (Wildman–Crippen LogP) is 1.34. The molecule has 0 aliphatic rings. The van der Waals surface area contributed by atoms with Gasteiger partial charge < -0.3 is 5.11 Å². The van der Waals surface area contributed by atoms with Crippen LogP contribution in [0.4, 0.5) is 0 Å². The van der Waals surface area contributed by atoms with E-state index in [-0.39, 0.29) is 18.2 Å². The van der Waals surface area contributed by atoms with Crippen LogP contribution in [0.15, 0.2) is 24.5 Å². The first kappa shape index (κ1) is 14.3. The molecule has 0 spiro atoms. The maximum absolute atomic E-state index is 11.4. The van der Waals surface area contributed by atoms with Crippen molar-refractivity contribution in [2.24, 2.45) is 0 Å². The van der Waals surface area contributed by atoms with Gasteiger partial charge in [-0.25, -0.2) is 0 Å². The van der Waals surface area contributed by atoms with E-state index in [2.05, 4.69) is 4.98 Å². The van der Waals surface area contributed by atoms with E-state index in [4.69, 9.17) is 5.11 Å². The highest BCUT2D eigenvalue weighted by Gasteiger charge is 2.18. The Morgan fingerprint density at radius 3 is 2.50 bits per heavy atom. The van der Waals surface area contributed by atoms with Gasteiger partial charge in [0.2, 0.25) is 0 Å². The van der Waals surface area contributed by atoms with Crippen LogP contribution in [0.5, 0.6) is 0 Å². The number of carbonyl (C=O) groups excluding carboxylic acids is 1. The molecule has 1 rings (SSSR count). The molecule has 0 aromatic carbocycles. The molecule has 0 saturated carbocycles. The highest BCUT2D eigenvalue weighted by atomic mass is 16.4. The molecule has 1 aromatic rings. The first-order valence-corrected chi connectivity index (χ1v) is 5.86. The third-order valence-corrected chi connectivity index (χ3v) is 2.88. The maximum atomic E-state index is 11.4. The van der Waals surface area contributed by atoms with Crippen molar-refractivity contribution in [2.75, 3.05) is 6.54 Å². The number of carboxylic acids is 1. The zero-order chi connectivity index (χ0) is 13.5. The van der Waals surface area contributed by atoms with Crippen LogP contribution in [0.2, 0.25) is 0 Å². The summed E-state index contributed by atoms with van der Waals surface area (Å²) in [4.78, 5) is 27.8. The van der Waals surface area contributed by atoms with E-state index < -0.39 is 5.97 Å². The van der Waals surface area contributed by atoms with Gasteiger partial charge in [-0.3, -0.25) is 19.5 Å². The van der Waals surface area contributed by atoms with Crippen molar-refractivity contribution in [1.29, 1.82) is 0 Å². The number of pyridine rings is 1. The number of carbonyl (C=O) groups is 2. The summed E-state index contributed by atoms with van der Waals surface area (Å²) in [5, 5.41) is 8.73. The highest BCUT2D eigenvalue weighted by Crippen LogP contribution is 2.09. The molecule has 0 amide bonds. The van der Waals surface area contributed by atoms with Crippen LogP contribution in [0.3, 0.4) is 0 Å². The predicted molar refractivity (Wildman–Crippen MR) is 67.0 cm³/mol. The molecule has 1 atom stereocenters. The standard InChI is InChI=1S/C13H18N2O3/c1-10(11(2)16)15(8-5-13(17)18)9-12-3-6-14-7-4-12/h3-4,6-7,10H,5,8-9H2,1-2H3,(H,17,18). The molecule has 1 N–H and O–H groups in total. The Hall–Kier alpha value is -1.75. The molecule has 1 unspecified atom stereocenters. The third kappa shape index (κ3) is 4.63. The Labute approximate surface area is 106 Å². The molecule has 18 heavy (non-hydrogen) atoms. The number of rotatable bonds is 7. The Morgan fingerprint density at radius 1 is 1.39 bits per heavy atom. The Kier molecular flexibility index (Phi) is 5.45. The van der Waals surface area contributed by atoms with Crippen LogP contribution >= 0.6 is 0 Å². The number of carboxylic acid groups (broad SMARTS) is 1. The monoisotopic (exact) mass is 250 g/mol. The second-order valence-electron chi connectivity index (χ2n) is 4.26. The van der Waals surface area contributed by atoms with Gasteiger partial charge in [0.15, 0.2) is 0 Å². The molecular formula is C13H18N2O3. The van der Waals surface area contributed by atoms with Crippen molar-refractivity contribution in [1.82, 2.24) is 9.88 Å². The van der Waals surface area contributed by atoms with E-state index in [1.54, 1.807) is 19.3 Å². The van der Waals surface area contributed by atoms with Crippen LogP contribution in [0, 0.1) is 0 Å². The SMILES string of the molecule is CC(=O)C(C)N(CCC(=O)O)Cc1ccncc1. The van der Waals surface area contributed by atoms with Gasteiger partial charge in [-0.15, -0.1) is 0 Å². The molecule has 1 aromatic heterocycles. The second-order valence-corrected chi connectivity index (χ2v) is 4.26. The van der Waals surface area contributed by atoms with Crippen molar-refractivity contribution in [3.8, 4) is 0 Å². The minimum Gasteiger partial charge on any atom is -0.481 e. The lowest BCUT2D eigenvalue weighted by atomic mass is 10.1. The number of hydrogen-bond acceptors (Lipinski definition) is 4. The van der Waals surface area contributed by atoms with Gasteiger partial charge in [0.25, 0.3) is 0 Å². The quantitative estimate of drug-likeness (QED) is 0.790. The van der Waals surface area contributed by atoms with Crippen LogP contribution in [0.25, 0.3) is 0 Å². The summed E-state index contributed by atoms with van der Waals surface area (Å²) in [6, 6.07) is 3.44. The molecule has 0 bridgehead atoms. The second kappa shape index (κ2) is 6.86. The van der Waals surface area contributed by atoms with Crippen LogP contribution < -0.4 is 0 Å². The van der Waals surface area contributed by atoms with Gasteiger partial charge in [-0.2, -0.15) is 0 Å². The number of Topliss-reactive ketones (excluding diaryl/α,β-unsaturated/α-hetero) is 1. The largest absolute Gasteiger partial charge is 0.481 e. The van der Waals surface area contributed by atoms with Crippen molar-refractivity contribution in [3.63, 3.8) is 0 Å². The van der Waals surface area contributed by atoms with Gasteiger partial charge in [0.05, 0.1) is 12.5 Å². The van der Waals surface area contributed by atoms with E-state index in [0.29, 0.717) is 13.1 Å². The van der Waals surface area contributed by atoms with E-state index >= 15 is 0 Å². The molecule has 98 valence electrons. The van der Waals surface area contributed by atoms with E-state index in [0.717, 1.165) is 5.56 Å². The van der Waals surface area contributed by atoms with Crippen molar-refractivity contribution < 1.29 is 14.7 Å². The highest BCUT2D eigenvalue weighted by molar-refractivity contribution is 5.81. The van der Waals surface area contributed by atoms with Gasteiger partial charge >= 0.3 is 5.97 Å². The number of aromatic nitrogens is 1. The van der Waals surface area contributed by atoms with E-state index in [9.17, 15) is 9.59 Å². The summed E-state index contributed by atoms with van der Waals surface area (Å²) in [5.41, 5.74) is 1.02. The number of hydrogen-bond donors (Lipinski definition) is 1. The smallest absolute Gasteiger partial charge is 0.304 e. The summed E-state index contributed by atoms with van der Waals surface area (Å²) in [5.74, 6) is -0.820. The Bertz CT molecular complexity index is 406. The molecular weight excluding hydrogens is 232 g/mol. The molecule has 0 fully saturated rings. The molecule has 1 heterocycles. The summed E-state index contributed by atoms with van der Waals surface area (Å²) in [7, 11) is 0. The van der Waals surface area contributed by atoms with Crippen LogP contribution in [-0.2, 0) is 16.1 Å². The average Bonchev–Trinajstić information content (AvgIpc) is 2.34. The molecule has 0 saturated heterocycles. The van der Waals surface area contributed by atoms with Gasteiger partial charge in [-0.05, 0) is 31.5 Å². The minimum absolute atomic E-state index is 0.0305. The summed E-state index contributed by atoms with van der Waals surface area (Å²) in [6.07, 6.45) is 3.40. The zero-order valence-electron chi connectivity index (χ0n) is 10.7. The van der Waals surface area contributed by atoms with E-state index in [1.165, 1.54) is 6.92 Å². The maximum Gasteiger partial charge on any atom is 0.304 e. The lowest BCUT2D eigenvalue weighted by Gasteiger charge is -2.26. The number of nitrogens with zero attached hydrogens (tertiary/aromatic N) is 2. The van der Waals surface area contributed by atoms with Crippen molar-refractivity contribution in [3.05, 3.63) is 30.1 Å². The third-order valence-electron chi connectivity index (χ3n) is 2.88. The lowest BCUT2D eigenvalue weighted by Crippen LogP contribution is -2.38. The summed E-state index contributed by atoms with van der Waals surface area (Å²) in [6.45, 7) is 4.23. The molecule has 5 heteroatoms. The summed E-state index contributed by atoms with van der Waals surface area (Å²) < 4.78 is 0. The topological polar surface area (TPSA) is 70.5 Å². The normalized spacial score (nSPS) is 12.4. The van der Waals surface area contributed by atoms with Crippen LogP contribution in [0.1, 0.15) is 25.8 Å². The van der Waals surface area contributed by atoms with Gasteiger partial charge in [0.1, 0.15) is 5.78 Å². The fraction of sp³-hybridized carbons (Fsp3) is 0.462. The van der Waals surface area contributed by atoms with Crippen molar-refractivity contribution >= 4 is 11.8 Å². The molecule has 0 aliphatic heterocycles. The zero-order valence-corrected chi connectivity index (χ0v) is 10.7. The van der Waals surface area contributed by atoms with Crippen LogP contribution in [-0.4, -0.2) is 39.3 Å². The molecule has 0 aliphatic carbocycles. The fourth-order valence-corrected chi connectivity index (χ4v) is 1.63. The Morgan fingerprint density at radius 2 is 2.00 bits per heavy atom. The van der Waals surface area contributed by atoms with Gasteiger partial charge in [0, 0.05) is 25.5 Å². The summed E-state index contributed by atoms with van der Waals surface area (Å²) >= 11 is 0. The van der Waals surface area contributed by atoms with Crippen molar-refractivity contribution in [2.45, 2.75) is 32.9 Å². The number of ketones is 1.